The summed E-state index contributed by atoms with van der Waals surface area (Å²) in [6.07, 6.45) is 1.53. The van der Waals surface area contributed by atoms with Crippen molar-refractivity contribution in [3.63, 3.8) is 0 Å². The molecule has 0 saturated heterocycles. The van der Waals surface area contributed by atoms with E-state index in [2.05, 4.69) is 9.74 Å². The molecule has 0 bridgehead atoms. The van der Waals surface area contributed by atoms with Gasteiger partial charge in [0.25, 0.3) is 5.09 Å². The SMILES string of the molecule is CCN(CC)CCOC(=O)C(=C(COC(=O)OCCCCCO[N+](=O)[O-])c1ccc(S(C)(=O)=O)cc1)c1ccccc1. The van der Waals surface area contributed by atoms with E-state index in [1.165, 1.54) is 12.1 Å². The maximum atomic E-state index is 13.5. The summed E-state index contributed by atoms with van der Waals surface area (Å²) in [5.74, 6) is -0.621. The molecule has 2 rings (SSSR count). The molecule has 230 valence electrons. The molecule has 0 atom stereocenters. The van der Waals surface area contributed by atoms with Gasteiger partial charge in [0.2, 0.25) is 0 Å². The number of hydrogen-bond acceptors (Lipinski definition) is 11. The van der Waals surface area contributed by atoms with Gasteiger partial charge in [-0.15, -0.1) is 10.1 Å². The molecule has 0 heterocycles. The van der Waals surface area contributed by atoms with Crippen molar-refractivity contribution in [3.05, 3.63) is 75.8 Å². The number of sulfone groups is 1. The fourth-order valence-electron chi connectivity index (χ4n) is 3.95. The second-order valence-electron chi connectivity index (χ2n) is 9.18. The van der Waals surface area contributed by atoms with Crippen LogP contribution in [0.15, 0.2) is 59.5 Å². The highest BCUT2D eigenvalue weighted by Gasteiger charge is 2.23. The van der Waals surface area contributed by atoms with Crippen molar-refractivity contribution >= 4 is 33.1 Å². The number of nitrogens with zero attached hydrogens (tertiary/aromatic N) is 2. The first kappa shape index (κ1) is 34.2. The lowest BCUT2D eigenvalue weighted by Crippen LogP contribution is -2.28. The second kappa shape index (κ2) is 17.8. The third-order valence-corrected chi connectivity index (χ3v) is 7.40. The quantitative estimate of drug-likeness (QED) is 0.0592. The van der Waals surface area contributed by atoms with Crippen molar-refractivity contribution in [2.75, 3.05) is 52.3 Å². The molecule has 0 aromatic heterocycles. The van der Waals surface area contributed by atoms with Crippen LogP contribution in [-0.2, 0) is 33.7 Å². The summed E-state index contributed by atoms with van der Waals surface area (Å²) in [5.41, 5.74) is 1.46. The van der Waals surface area contributed by atoms with Gasteiger partial charge in [-0.2, -0.15) is 0 Å². The van der Waals surface area contributed by atoms with Crippen LogP contribution in [0.5, 0.6) is 0 Å². The molecule has 0 spiro atoms. The van der Waals surface area contributed by atoms with E-state index in [1.54, 1.807) is 42.5 Å². The van der Waals surface area contributed by atoms with Crippen LogP contribution in [-0.4, -0.2) is 82.8 Å². The Hall–Kier alpha value is -3.97. The number of esters is 1. The Morgan fingerprint density at radius 1 is 0.833 bits per heavy atom. The fraction of sp³-hybridized carbons (Fsp3) is 0.448. The first-order chi connectivity index (χ1) is 20.1. The Kier molecular flexibility index (Phi) is 14.5. The van der Waals surface area contributed by atoms with Gasteiger partial charge in [-0.05, 0) is 55.6 Å². The van der Waals surface area contributed by atoms with Crippen molar-refractivity contribution < 1.29 is 42.1 Å². The van der Waals surface area contributed by atoms with E-state index in [0.29, 0.717) is 42.5 Å². The largest absolute Gasteiger partial charge is 0.508 e. The minimum absolute atomic E-state index is 0.0261. The lowest BCUT2D eigenvalue weighted by molar-refractivity contribution is -0.757. The molecule has 0 aliphatic rings. The molecule has 2 aromatic rings. The van der Waals surface area contributed by atoms with E-state index in [4.69, 9.17) is 14.2 Å². The maximum absolute atomic E-state index is 13.5. The molecule has 0 fully saturated rings. The van der Waals surface area contributed by atoms with Crippen LogP contribution in [0.25, 0.3) is 11.1 Å². The van der Waals surface area contributed by atoms with Crippen LogP contribution in [0.3, 0.4) is 0 Å². The Balaban J connectivity index is 2.30. The monoisotopic (exact) mass is 606 g/mol. The average molecular weight is 607 g/mol. The standard InChI is InChI=1S/C29H38N2O10S/c1-4-30(5-2)18-21-38-28(32)27(24-12-8-6-9-13-24)26(23-14-16-25(17-15-23)42(3,36)37)22-40-29(33)39-19-10-7-11-20-41-31(34)35/h6,8-9,12-17H,4-5,7,10-11,18-22H2,1-3H3. The summed E-state index contributed by atoms with van der Waals surface area (Å²) in [6.45, 7) is 5.94. The molecule has 13 heteroatoms. The minimum atomic E-state index is -3.47. The van der Waals surface area contributed by atoms with Crippen LogP contribution >= 0.6 is 0 Å². The summed E-state index contributed by atoms with van der Waals surface area (Å²) in [4.78, 5) is 42.5. The van der Waals surface area contributed by atoms with E-state index >= 15 is 0 Å². The number of ether oxygens (including phenoxy) is 3. The van der Waals surface area contributed by atoms with Gasteiger partial charge in [0.1, 0.15) is 13.2 Å². The summed E-state index contributed by atoms with van der Waals surface area (Å²) in [5, 5.41) is 9.33. The smallest absolute Gasteiger partial charge is 0.461 e. The number of rotatable bonds is 18. The van der Waals surface area contributed by atoms with Crippen molar-refractivity contribution in [1.82, 2.24) is 4.90 Å². The highest BCUT2D eigenvalue weighted by Crippen LogP contribution is 2.29. The van der Waals surface area contributed by atoms with Gasteiger partial charge in [0.05, 0.1) is 23.7 Å². The number of likely N-dealkylation sites (N-methyl/N-ethyl adjacent to an activating group) is 1. The fourth-order valence-corrected chi connectivity index (χ4v) is 4.58. The lowest BCUT2D eigenvalue weighted by atomic mass is 9.95. The van der Waals surface area contributed by atoms with Crippen LogP contribution < -0.4 is 0 Å². The lowest BCUT2D eigenvalue weighted by Gasteiger charge is -2.19. The summed E-state index contributed by atoms with van der Waals surface area (Å²) >= 11 is 0. The molecule has 0 saturated carbocycles. The summed E-state index contributed by atoms with van der Waals surface area (Å²) in [6, 6.07) is 14.7. The second-order valence-corrected chi connectivity index (χ2v) is 11.2. The highest BCUT2D eigenvalue weighted by atomic mass is 32.2. The first-order valence-corrected chi connectivity index (χ1v) is 15.5. The molecule has 0 unspecified atom stereocenters. The highest BCUT2D eigenvalue weighted by molar-refractivity contribution is 7.90. The average Bonchev–Trinajstić information content (AvgIpc) is 2.96. The van der Waals surface area contributed by atoms with Gasteiger partial charge in [0, 0.05) is 18.4 Å². The van der Waals surface area contributed by atoms with Crippen LogP contribution in [0, 0.1) is 10.1 Å². The Labute approximate surface area is 246 Å². The molecule has 12 nitrogen and oxygen atoms in total. The molecule has 0 aliphatic heterocycles. The summed E-state index contributed by atoms with van der Waals surface area (Å²) < 4.78 is 40.2. The van der Waals surface area contributed by atoms with Crippen LogP contribution in [0.1, 0.15) is 44.2 Å². The van der Waals surface area contributed by atoms with Crippen molar-refractivity contribution in [2.24, 2.45) is 0 Å². The Morgan fingerprint density at radius 2 is 1.48 bits per heavy atom. The van der Waals surface area contributed by atoms with E-state index < -0.39 is 27.0 Å². The zero-order valence-electron chi connectivity index (χ0n) is 24.2. The first-order valence-electron chi connectivity index (χ1n) is 13.6. The molecule has 0 radical (unpaired) electrons. The zero-order valence-corrected chi connectivity index (χ0v) is 25.0. The minimum Gasteiger partial charge on any atom is -0.461 e. The number of carbonyl (C=O) groups is 2. The normalized spacial score (nSPS) is 11.9. The third kappa shape index (κ3) is 11.9. The van der Waals surface area contributed by atoms with Gasteiger partial charge in [-0.25, -0.2) is 18.0 Å². The van der Waals surface area contributed by atoms with Crippen LogP contribution in [0.2, 0.25) is 0 Å². The molecular formula is C29H38N2O10S. The van der Waals surface area contributed by atoms with Crippen molar-refractivity contribution in [1.29, 1.82) is 0 Å². The van der Waals surface area contributed by atoms with Gasteiger partial charge < -0.3 is 23.9 Å². The van der Waals surface area contributed by atoms with Gasteiger partial charge >= 0.3 is 12.1 Å². The Morgan fingerprint density at radius 3 is 2.07 bits per heavy atom. The molecule has 42 heavy (non-hydrogen) atoms. The third-order valence-electron chi connectivity index (χ3n) is 6.27. The van der Waals surface area contributed by atoms with E-state index in [1.807, 2.05) is 13.8 Å². The topological polar surface area (TPSA) is 152 Å². The van der Waals surface area contributed by atoms with E-state index in [9.17, 15) is 28.1 Å². The predicted molar refractivity (Wildman–Crippen MR) is 156 cm³/mol. The predicted octanol–water partition coefficient (Wildman–Crippen LogP) is 4.42. The Bertz CT molecular complexity index is 1290. The van der Waals surface area contributed by atoms with E-state index in [0.717, 1.165) is 19.3 Å². The molecule has 0 N–H and O–H groups in total. The van der Waals surface area contributed by atoms with Crippen molar-refractivity contribution in [2.45, 2.75) is 38.0 Å². The number of carbonyl (C=O) groups excluding carboxylic acids is 2. The van der Waals surface area contributed by atoms with E-state index in [-0.39, 0.29) is 36.9 Å². The molecular weight excluding hydrogens is 568 g/mol. The number of benzene rings is 2. The number of unbranched alkanes of at least 4 members (excludes halogenated alkanes) is 2. The van der Waals surface area contributed by atoms with Gasteiger partial charge in [-0.3, -0.25) is 0 Å². The molecule has 0 amide bonds. The van der Waals surface area contributed by atoms with Crippen molar-refractivity contribution in [3.8, 4) is 0 Å². The molecule has 0 aliphatic carbocycles. The zero-order chi connectivity index (χ0) is 31.0. The van der Waals surface area contributed by atoms with Gasteiger partial charge in [-0.1, -0.05) is 56.3 Å². The number of hydrogen-bond donors (Lipinski definition) is 0. The van der Waals surface area contributed by atoms with Gasteiger partial charge in [0.15, 0.2) is 9.84 Å². The van der Waals surface area contributed by atoms with Crippen LogP contribution in [0.4, 0.5) is 4.79 Å². The maximum Gasteiger partial charge on any atom is 0.508 e. The molecule has 2 aromatic carbocycles. The summed E-state index contributed by atoms with van der Waals surface area (Å²) in [7, 11) is -3.47.